The fraction of sp³-hybridized carbons (Fsp3) is 0.733. The Morgan fingerprint density at radius 3 is 2.89 bits per heavy atom. The van der Waals surface area contributed by atoms with Gasteiger partial charge < -0.3 is 5.73 Å². The van der Waals surface area contributed by atoms with Crippen LogP contribution in [0.4, 0.5) is 0 Å². The summed E-state index contributed by atoms with van der Waals surface area (Å²) in [5.41, 5.74) is 7.83. The molecule has 2 N–H and O–H groups in total. The fourth-order valence-corrected chi connectivity index (χ4v) is 4.16. The van der Waals surface area contributed by atoms with Crippen LogP contribution in [-0.2, 0) is 0 Å². The standard InChI is InChI=1S/C15H26N2S/c1-4-13(16)14(15-12(3)7-9-18-15)17-8-5-6-11(2)10-17/h7,9,11,13-14H,4-6,8,10,16H2,1-3H3. The van der Waals surface area contributed by atoms with Crippen molar-refractivity contribution in [3.63, 3.8) is 0 Å². The maximum Gasteiger partial charge on any atom is 0.0596 e. The third-order valence-corrected chi connectivity index (χ3v) is 5.22. The smallest absolute Gasteiger partial charge is 0.0596 e. The van der Waals surface area contributed by atoms with Crippen molar-refractivity contribution in [2.24, 2.45) is 11.7 Å². The molecule has 0 saturated carbocycles. The Hall–Kier alpha value is -0.380. The first kappa shape index (κ1) is 14.0. The molecular weight excluding hydrogens is 240 g/mol. The number of hydrogen-bond donors (Lipinski definition) is 1. The first-order valence-corrected chi connectivity index (χ1v) is 8.05. The molecule has 102 valence electrons. The van der Waals surface area contributed by atoms with Gasteiger partial charge in [-0.3, -0.25) is 4.90 Å². The first-order valence-electron chi connectivity index (χ1n) is 7.17. The number of rotatable bonds is 4. The highest BCUT2D eigenvalue weighted by molar-refractivity contribution is 7.10. The minimum atomic E-state index is 0.257. The maximum absolute atomic E-state index is 6.42. The van der Waals surface area contributed by atoms with Crippen molar-refractivity contribution in [1.29, 1.82) is 0 Å². The fourth-order valence-electron chi connectivity index (χ4n) is 3.02. The number of thiophene rings is 1. The molecule has 3 heteroatoms. The Labute approximate surface area is 115 Å². The van der Waals surface area contributed by atoms with Gasteiger partial charge in [-0.15, -0.1) is 11.3 Å². The van der Waals surface area contributed by atoms with E-state index in [-0.39, 0.29) is 6.04 Å². The van der Waals surface area contributed by atoms with Crippen LogP contribution in [0.25, 0.3) is 0 Å². The molecule has 1 aliphatic heterocycles. The number of aryl methyl sites for hydroxylation is 1. The van der Waals surface area contributed by atoms with E-state index in [4.69, 9.17) is 5.73 Å². The van der Waals surface area contributed by atoms with E-state index >= 15 is 0 Å². The van der Waals surface area contributed by atoms with Gasteiger partial charge in [0.1, 0.15) is 0 Å². The van der Waals surface area contributed by atoms with E-state index in [1.54, 1.807) is 0 Å². The van der Waals surface area contributed by atoms with Gasteiger partial charge in [-0.25, -0.2) is 0 Å². The van der Waals surface area contributed by atoms with Gasteiger partial charge in [-0.1, -0.05) is 13.8 Å². The summed E-state index contributed by atoms with van der Waals surface area (Å²) in [7, 11) is 0. The molecule has 3 atom stereocenters. The lowest BCUT2D eigenvalue weighted by atomic mass is 9.94. The van der Waals surface area contributed by atoms with E-state index in [1.165, 1.54) is 36.4 Å². The van der Waals surface area contributed by atoms with Crippen molar-refractivity contribution < 1.29 is 0 Å². The zero-order chi connectivity index (χ0) is 13.1. The van der Waals surface area contributed by atoms with E-state index < -0.39 is 0 Å². The highest BCUT2D eigenvalue weighted by atomic mass is 32.1. The second kappa shape index (κ2) is 6.18. The molecule has 0 bridgehead atoms. The summed E-state index contributed by atoms with van der Waals surface area (Å²) >= 11 is 1.87. The van der Waals surface area contributed by atoms with Crippen LogP contribution in [0.2, 0.25) is 0 Å². The van der Waals surface area contributed by atoms with Gasteiger partial charge in [0.05, 0.1) is 6.04 Å². The van der Waals surface area contributed by atoms with Gasteiger partial charge in [0.15, 0.2) is 0 Å². The van der Waals surface area contributed by atoms with Crippen LogP contribution in [-0.4, -0.2) is 24.0 Å². The average molecular weight is 266 g/mol. The number of hydrogen-bond acceptors (Lipinski definition) is 3. The number of likely N-dealkylation sites (tertiary alicyclic amines) is 1. The molecule has 0 radical (unpaired) electrons. The van der Waals surface area contributed by atoms with Crippen LogP contribution in [0.1, 0.15) is 49.6 Å². The van der Waals surface area contributed by atoms with Crippen molar-refractivity contribution in [2.75, 3.05) is 13.1 Å². The third kappa shape index (κ3) is 2.95. The Morgan fingerprint density at radius 1 is 1.56 bits per heavy atom. The SMILES string of the molecule is CCC(N)C(c1sccc1C)N1CCCC(C)C1. The lowest BCUT2D eigenvalue weighted by Gasteiger charge is -2.39. The van der Waals surface area contributed by atoms with E-state index in [0.717, 1.165) is 12.3 Å². The minimum absolute atomic E-state index is 0.257. The maximum atomic E-state index is 6.42. The largest absolute Gasteiger partial charge is 0.326 e. The molecule has 1 aromatic heterocycles. The van der Waals surface area contributed by atoms with Gasteiger partial charge >= 0.3 is 0 Å². The van der Waals surface area contributed by atoms with Crippen molar-refractivity contribution in [1.82, 2.24) is 4.90 Å². The lowest BCUT2D eigenvalue weighted by Crippen LogP contribution is -2.45. The van der Waals surface area contributed by atoms with Gasteiger partial charge in [0, 0.05) is 17.5 Å². The van der Waals surface area contributed by atoms with Crippen LogP contribution >= 0.6 is 11.3 Å². The zero-order valence-corrected chi connectivity index (χ0v) is 12.7. The number of nitrogens with zero attached hydrogens (tertiary/aromatic N) is 1. The molecule has 1 aliphatic rings. The molecule has 0 spiro atoms. The summed E-state index contributed by atoms with van der Waals surface area (Å²) in [5.74, 6) is 0.811. The summed E-state index contributed by atoms with van der Waals surface area (Å²) in [6.07, 6.45) is 3.74. The summed E-state index contributed by atoms with van der Waals surface area (Å²) in [5, 5.41) is 2.20. The second-order valence-electron chi connectivity index (χ2n) is 5.73. The summed E-state index contributed by atoms with van der Waals surface area (Å²) in [6.45, 7) is 9.19. The van der Waals surface area contributed by atoms with Crippen molar-refractivity contribution in [3.8, 4) is 0 Å². The van der Waals surface area contributed by atoms with E-state index in [2.05, 4.69) is 37.1 Å². The van der Waals surface area contributed by atoms with E-state index in [9.17, 15) is 0 Å². The highest BCUT2D eigenvalue weighted by Crippen LogP contribution is 2.34. The Kier molecular flexibility index (Phi) is 4.82. The first-order chi connectivity index (χ1) is 8.63. The molecule has 0 aliphatic carbocycles. The van der Waals surface area contributed by atoms with Crippen LogP contribution in [0.3, 0.4) is 0 Å². The summed E-state index contributed by atoms with van der Waals surface area (Å²) in [6, 6.07) is 2.91. The predicted octanol–water partition coefficient (Wildman–Crippen LogP) is 3.57. The van der Waals surface area contributed by atoms with Crippen LogP contribution in [0.5, 0.6) is 0 Å². The van der Waals surface area contributed by atoms with Gasteiger partial charge in [0.25, 0.3) is 0 Å². The summed E-state index contributed by atoms with van der Waals surface area (Å²) in [4.78, 5) is 4.11. The van der Waals surface area contributed by atoms with E-state index in [1.807, 2.05) is 11.3 Å². The average Bonchev–Trinajstić information content (AvgIpc) is 2.76. The van der Waals surface area contributed by atoms with Crippen LogP contribution in [0, 0.1) is 12.8 Å². The Balaban J connectivity index is 2.22. The quantitative estimate of drug-likeness (QED) is 0.903. The van der Waals surface area contributed by atoms with Crippen LogP contribution in [0.15, 0.2) is 11.4 Å². The molecule has 2 heterocycles. The van der Waals surface area contributed by atoms with Gasteiger partial charge in [0.2, 0.25) is 0 Å². The molecule has 0 amide bonds. The molecule has 2 rings (SSSR count). The normalized spacial score (nSPS) is 25.0. The topological polar surface area (TPSA) is 29.3 Å². The molecule has 0 aromatic carbocycles. The molecule has 1 saturated heterocycles. The Morgan fingerprint density at radius 2 is 2.33 bits per heavy atom. The second-order valence-corrected chi connectivity index (χ2v) is 6.67. The third-order valence-electron chi connectivity index (χ3n) is 4.13. The lowest BCUT2D eigenvalue weighted by molar-refractivity contribution is 0.113. The van der Waals surface area contributed by atoms with Crippen molar-refractivity contribution in [3.05, 3.63) is 21.9 Å². The predicted molar refractivity (Wildman–Crippen MR) is 80.0 cm³/mol. The van der Waals surface area contributed by atoms with Gasteiger partial charge in [-0.05, 0) is 55.7 Å². The number of piperidine rings is 1. The molecule has 1 aromatic rings. The number of nitrogens with two attached hydrogens (primary N) is 1. The molecular formula is C15H26N2S. The molecule has 1 fully saturated rings. The highest BCUT2D eigenvalue weighted by Gasteiger charge is 2.30. The van der Waals surface area contributed by atoms with Gasteiger partial charge in [-0.2, -0.15) is 0 Å². The molecule has 2 nitrogen and oxygen atoms in total. The Bertz CT molecular complexity index is 374. The van der Waals surface area contributed by atoms with Crippen molar-refractivity contribution in [2.45, 2.75) is 52.1 Å². The summed E-state index contributed by atoms with van der Waals surface area (Å²) < 4.78 is 0. The molecule has 18 heavy (non-hydrogen) atoms. The monoisotopic (exact) mass is 266 g/mol. The van der Waals surface area contributed by atoms with Crippen molar-refractivity contribution >= 4 is 11.3 Å². The molecule has 3 unspecified atom stereocenters. The minimum Gasteiger partial charge on any atom is -0.326 e. The van der Waals surface area contributed by atoms with E-state index in [0.29, 0.717) is 6.04 Å². The zero-order valence-electron chi connectivity index (χ0n) is 11.9. The van der Waals surface area contributed by atoms with Crippen LogP contribution < -0.4 is 5.73 Å².